The molecular formula is C12H15ClFNO4S. The molecule has 0 aromatic heterocycles. The number of unbranched alkanes of at least 4 members (excludes halogenated alkanes) is 1. The summed E-state index contributed by atoms with van der Waals surface area (Å²) in [5.41, 5.74) is -0.217. The summed E-state index contributed by atoms with van der Waals surface area (Å²) in [4.78, 5) is 11.3. The van der Waals surface area contributed by atoms with Gasteiger partial charge < -0.3 is 4.74 Å². The van der Waals surface area contributed by atoms with E-state index in [0.29, 0.717) is 18.7 Å². The van der Waals surface area contributed by atoms with Crippen LogP contribution >= 0.6 is 11.6 Å². The van der Waals surface area contributed by atoms with Crippen LogP contribution in [-0.4, -0.2) is 33.1 Å². The van der Waals surface area contributed by atoms with Crippen LogP contribution in [0.2, 0.25) is 0 Å². The van der Waals surface area contributed by atoms with Crippen LogP contribution in [-0.2, 0) is 14.8 Å². The third-order valence-electron chi connectivity index (χ3n) is 2.44. The van der Waals surface area contributed by atoms with Gasteiger partial charge in [0, 0.05) is 11.6 Å². The van der Waals surface area contributed by atoms with Crippen LogP contribution in [0.1, 0.15) is 23.2 Å². The maximum Gasteiger partial charge on any atom is 0.340 e. The van der Waals surface area contributed by atoms with Gasteiger partial charge in [0.05, 0.1) is 18.4 Å². The molecule has 0 radical (unpaired) electrons. The molecule has 0 amide bonds. The van der Waals surface area contributed by atoms with Crippen molar-refractivity contribution in [1.82, 2.24) is 0 Å². The molecule has 0 aliphatic rings. The van der Waals surface area contributed by atoms with Gasteiger partial charge in [-0.2, -0.15) is 0 Å². The van der Waals surface area contributed by atoms with Crippen molar-refractivity contribution in [3.8, 4) is 0 Å². The van der Waals surface area contributed by atoms with Gasteiger partial charge in [-0.25, -0.2) is 17.6 Å². The van der Waals surface area contributed by atoms with Crippen LogP contribution in [0.25, 0.3) is 0 Å². The van der Waals surface area contributed by atoms with E-state index >= 15 is 0 Å². The lowest BCUT2D eigenvalue weighted by Crippen LogP contribution is -2.17. The molecule has 20 heavy (non-hydrogen) atoms. The zero-order valence-electron chi connectivity index (χ0n) is 10.9. The summed E-state index contributed by atoms with van der Waals surface area (Å²) in [5, 5.41) is 0. The molecular weight excluding hydrogens is 309 g/mol. The Bertz CT molecular complexity index is 577. The lowest BCUT2D eigenvalue weighted by Gasteiger charge is -2.09. The fourth-order valence-corrected chi connectivity index (χ4v) is 2.83. The fraction of sp³-hybridized carbons (Fsp3) is 0.417. The second kappa shape index (κ2) is 7.44. The van der Waals surface area contributed by atoms with Gasteiger partial charge in [0.25, 0.3) is 0 Å². The molecule has 112 valence electrons. The molecule has 1 N–H and O–H groups in total. The summed E-state index contributed by atoms with van der Waals surface area (Å²) in [7, 11) is -2.44. The molecule has 0 fully saturated rings. The van der Waals surface area contributed by atoms with Gasteiger partial charge in [0.2, 0.25) is 10.0 Å². The monoisotopic (exact) mass is 323 g/mol. The molecule has 1 rings (SSSR count). The van der Waals surface area contributed by atoms with Crippen molar-refractivity contribution < 1.29 is 22.3 Å². The quantitative estimate of drug-likeness (QED) is 0.475. The fourth-order valence-electron chi connectivity index (χ4n) is 1.47. The van der Waals surface area contributed by atoms with Crippen LogP contribution in [0.3, 0.4) is 0 Å². The number of anilines is 1. The lowest BCUT2D eigenvalue weighted by atomic mass is 10.2. The van der Waals surface area contributed by atoms with Gasteiger partial charge in [-0.1, -0.05) is 0 Å². The van der Waals surface area contributed by atoms with E-state index in [0.717, 1.165) is 19.2 Å². The molecule has 1 aromatic rings. The van der Waals surface area contributed by atoms with E-state index < -0.39 is 21.8 Å². The normalized spacial score (nSPS) is 11.2. The molecule has 0 heterocycles. The van der Waals surface area contributed by atoms with E-state index in [1.165, 1.54) is 6.07 Å². The van der Waals surface area contributed by atoms with Crippen molar-refractivity contribution in [2.24, 2.45) is 0 Å². The zero-order valence-corrected chi connectivity index (χ0v) is 12.4. The Morgan fingerprint density at radius 1 is 1.40 bits per heavy atom. The predicted molar refractivity (Wildman–Crippen MR) is 75.1 cm³/mol. The molecule has 0 saturated heterocycles. The number of esters is 1. The van der Waals surface area contributed by atoms with Crippen LogP contribution in [0.5, 0.6) is 0 Å². The van der Waals surface area contributed by atoms with E-state index in [9.17, 15) is 17.6 Å². The summed E-state index contributed by atoms with van der Waals surface area (Å²) in [5.74, 6) is -1.35. The van der Waals surface area contributed by atoms with Crippen molar-refractivity contribution in [3.05, 3.63) is 29.6 Å². The molecule has 5 nitrogen and oxygen atoms in total. The summed E-state index contributed by atoms with van der Waals surface area (Å²) in [6, 6.07) is 3.34. The summed E-state index contributed by atoms with van der Waals surface area (Å²) < 4.78 is 43.6. The van der Waals surface area contributed by atoms with Crippen LogP contribution in [0.4, 0.5) is 10.1 Å². The molecule has 0 spiro atoms. The Labute approximate surface area is 122 Å². The number of ether oxygens (including phenoxy) is 1. The first kappa shape index (κ1) is 16.7. The van der Waals surface area contributed by atoms with Gasteiger partial charge in [-0.3, -0.25) is 4.72 Å². The van der Waals surface area contributed by atoms with E-state index in [-0.39, 0.29) is 17.0 Å². The standard InChI is InChI=1S/C12H15ClFNO4S/c1-19-12(16)10-8-9(4-5-11(10)14)15-20(17,18)7-3-2-6-13/h4-5,8,15H,2-3,6-7H2,1H3. The predicted octanol–water partition coefficient (Wildman–Crippen LogP) is 2.37. The van der Waals surface area contributed by atoms with E-state index in [1.807, 2.05) is 0 Å². The molecule has 0 aliphatic heterocycles. The second-order valence-electron chi connectivity index (χ2n) is 4.00. The van der Waals surface area contributed by atoms with Crippen molar-refractivity contribution >= 4 is 33.3 Å². The number of sulfonamides is 1. The number of hydrogen-bond acceptors (Lipinski definition) is 4. The number of carbonyl (C=O) groups is 1. The third kappa shape index (κ3) is 4.97. The Balaban J connectivity index is 2.85. The van der Waals surface area contributed by atoms with Crippen molar-refractivity contribution in [3.63, 3.8) is 0 Å². The Kier molecular flexibility index (Phi) is 6.22. The van der Waals surface area contributed by atoms with Gasteiger partial charge in [0.15, 0.2) is 0 Å². The summed E-state index contributed by atoms with van der Waals surface area (Å²) >= 11 is 5.47. The molecule has 0 atom stereocenters. The Hall–Kier alpha value is -1.34. The minimum Gasteiger partial charge on any atom is -0.465 e. The first-order valence-electron chi connectivity index (χ1n) is 5.84. The topological polar surface area (TPSA) is 72.5 Å². The minimum absolute atomic E-state index is 0.0926. The largest absolute Gasteiger partial charge is 0.465 e. The number of methoxy groups -OCH3 is 1. The SMILES string of the molecule is COC(=O)c1cc(NS(=O)(=O)CCCCCl)ccc1F. The third-order valence-corrected chi connectivity index (χ3v) is 4.08. The average molecular weight is 324 g/mol. The number of alkyl halides is 1. The van der Waals surface area contributed by atoms with E-state index in [4.69, 9.17) is 11.6 Å². The minimum atomic E-state index is -3.55. The highest BCUT2D eigenvalue weighted by Gasteiger charge is 2.15. The maximum atomic E-state index is 13.4. The number of halogens is 2. The Morgan fingerprint density at radius 3 is 2.70 bits per heavy atom. The van der Waals surface area contributed by atoms with Crippen LogP contribution in [0, 0.1) is 5.82 Å². The first-order chi connectivity index (χ1) is 9.39. The van der Waals surface area contributed by atoms with Gasteiger partial charge in [-0.15, -0.1) is 11.6 Å². The van der Waals surface area contributed by atoms with Crippen molar-refractivity contribution in [1.29, 1.82) is 0 Å². The van der Waals surface area contributed by atoms with Crippen molar-refractivity contribution in [2.75, 3.05) is 23.5 Å². The lowest BCUT2D eigenvalue weighted by molar-refractivity contribution is 0.0595. The van der Waals surface area contributed by atoms with Gasteiger partial charge >= 0.3 is 5.97 Å². The number of hydrogen-bond donors (Lipinski definition) is 1. The highest BCUT2D eigenvalue weighted by molar-refractivity contribution is 7.92. The molecule has 8 heteroatoms. The number of nitrogens with one attached hydrogen (secondary N) is 1. The molecule has 0 unspecified atom stereocenters. The highest BCUT2D eigenvalue weighted by atomic mass is 35.5. The van der Waals surface area contributed by atoms with Crippen molar-refractivity contribution in [2.45, 2.75) is 12.8 Å². The van der Waals surface area contributed by atoms with Gasteiger partial charge in [-0.05, 0) is 31.0 Å². The molecule has 0 saturated carbocycles. The smallest absolute Gasteiger partial charge is 0.340 e. The van der Waals surface area contributed by atoms with E-state index in [2.05, 4.69) is 9.46 Å². The zero-order chi connectivity index (χ0) is 15.2. The van der Waals surface area contributed by atoms with Crippen LogP contribution < -0.4 is 4.72 Å². The van der Waals surface area contributed by atoms with Crippen LogP contribution in [0.15, 0.2) is 18.2 Å². The second-order valence-corrected chi connectivity index (χ2v) is 6.22. The highest BCUT2D eigenvalue weighted by Crippen LogP contribution is 2.17. The summed E-state index contributed by atoms with van der Waals surface area (Å²) in [6.07, 6.45) is 1.00. The Morgan fingerprint density at radius 2 is 2.10 bits per heavy atom. The molecule has 1 aromatic carbocycles. The number of carbonyl (C=O) groups excluding carboxylic acids is 1. The maximum absolute atomic E-state index is 13.4. The molecule has 0 bridgehead atoms. The first-order valence-corrected chi connectivity index (χ1v) is 8.02. The average Bonchev–Trinajstić information content (AvgIpc) is 2.40. The summed E-state index contributed by atoms with van der Waals surface area (Å²) in [6.45, 7) is 0. The number of benzene rings is 1. The van der Waals surface area contributed by atoms with E-state index in [1.54, 1.807) is 0 Å². The van der Waals surface area contributed by atoms with Gasteiger partial charge in [0.1, 0.15) is 5.82 Å². The number of rotatable bonds is 7. The molecule has 0 aliphatic carbocycles.